The summed E-state index contributed by atoms with van der Waals surface area (Å²) in [6, 6.07) is 14.5. The van der Waals surface area contributed by atoms with E-state index in [2.05, 4.69) is 38.2 Å². The molecule has 2 aromatic carbocycles. The Bertz CT molecular complexity index is 1050. The molecule has 0 atom stereocenters. The van der Waals surface area contributed by atoms with Crippen molar-refractivity contribution in [3.05, 3.63) is 59.7 Å². The lowest BCUT2D eigenvalue weighted by Crippen LogP contribution is -2.41. The SMILES string of the molecule is CCOC(=O)Oc1ccc(C(=O)NCC2CCN(C(=O)CCCOc3ccc(C(C)(C)C)cc3)CC2)cc1. The molecule has 0 spiro atoms. The molecule has 2 aromatic rings. The van der Waals surface area contributed by atoms with Crippen LogP contribution in [0.3, 0.4) is 0 Å². The Morgan fingerprint density at radius 2 is 1.58 bits per heavy atom. The fourth-order valence-corrected chi connectivity index (χ4v) is 4.27. The smallest absolute Gasteiger partial charge is 0.494 e. The van der Waals surface area contributed by atoms with Gasteiger partial charge in [0, 0.05) is 31.6 Å². The summed E-state index contributed by atoms with van der Waals surface area (Å²) in [5.74, 6) is 1.45. The number of hydrogen-bond acceptors (Lipinski definition) is 6. The molecule has 0 saturated carbocycles. The Balaban J connectivity index is 1.31. The third-order valence-electron chi connectivity index (χ3n) is 6.62. The first-order valence-electron chi connectivity index (χ1n) is 13.4. The molecule has 0 aliphatic carbocycles. The molecule has 1 aliphatic rings. The third kappa shape index (κ3) is 9.08. The summed E-state index contributed by atoms with van der Waals surface area (Å²) in [7, 11) is 0. The summed E-state index contributed by atoms with van der Waals surface area (Å²) >= 11 is 0. The van der Waals surface area contributed by atoms with E-state index in [1.807, 2.05) is 17.0 Å². The van der Waals surface area contributed by atoms with Crippen molar-refractivity contribution in [2.75, 3.05) is 32.8 Å². The molecular weight excluding hydrogens is 484 g/mol. The maximum Gasteiger partial charge on any atom is 0.513 e. The molecule has 1 saturated heterocycles. The quantitative estimate of drug-likeness (QED) is 0.256. The minimum atomic E-state index is -0.773. The second-order valence-electron chi connectivity index (χ2n) is 10.6. The monoisotopic (exact) mass is 524 g/mol. The zero-order valence-electron chi connectivity index (χ0n) is 23.0. The van der Waals surface area contributed by atoms with Crippen molar-refractivity contribution in [2.24, 2.45) is 5.92 Å². The second kappa shape index (κ2) is 13.8. The fraction of sp³-hybridized carbons (Fsp3) is 0.500. The summed E-state index contributed by atoms with van der Waals surface area (Å²) in [6.45, 7) is 10.9. The minimum Gasteiger partial charge on any atom is -0.494 e. The second-order valence-corrected chi connectivity index (χ2v) is 10.6. The van der Waals surface area contributed by atoms with Crippen LogP contribution in [-0.4, -0.2) is 55.7 Å². The Morgan fingerprint density at radius 1 is 0.947 bits per heavy atom. The molecule has 0 bridgehead atoms. The highest BCUT2D eigenvalue weighted by molar-refractivity contribution is 5.94. The number of likely N-dealkylation sites (tertiary alicyclic amines) is 1. The number of piperidine rings is 1. The van der Waals surface area contributed by atoms with Gasteiger partial charge in [0.05, 0.1) is 13.2 Å². The van der Waals surface area contributed by atoms with Crippen molar-refractivity contribution in [3.63, 3.8) is 0 Å². The molecule has 3 rings (SSSR count). The van der Waals surface area contributed by atoms with Gasteiger partial charge in [0.2, 0.25) is 5.91 Å². The van der Waals surface area contributed by atoms with Gasteiger partial charge in [0.1, 0.15) is 11.5 Å². The first-order valence-corrected chi connectivity index (χ1v) is 13.4. The zero-order valence-corrected chi connectivity index (χ0v) is 23.0. The van der Waals surface area contributed by atoms with Gasteiger partial charge in [0.25, 0.3) is 5.91 Å². The number of benzene rings is 2. The van der Waals surface area contributed by atoms with Crippen LogP contribution in [0.25, 0.3) is 0 Å². The van der Waals surface area contributed by atoms with Crippen LogP contribution in [0.4, 0.5) is 4.79 Å². The standard InChI is InChI=1S/C30H40N2O6/c1-5-36-29(35)38-26-12-8-23(9-13-26)28(34)31-21-22-16-18-32(19-17-22)27(33)7-6-20-37-25-14-10-24(11-15-25)30(2,3)4/h8-15,22H,5-7,16-21H2,1-4H3,(H,31,34). The minimum absolute atomic E-state index is 0.111. The number of carbonyl (C=O) groups excluding carboxylic acids is 3. The molecule has 1 heterocycles. The van der Waals surface area contributed by atoms with Gasteiger partial charge >= 0.3 is 6.16 Å². The van der Waals surface area contributed by atoms with E-state index in [1.165, 1.54) is 5.56 Å². The summed E-state index contributed by atoms with van der Waals surface area (Å²) in [5, 5.41) is 2.97. The van der Waals surface area contributed by atoms with Gasteiger partial charge in [-0.3, -0.25) is 9.59 Å². The van der Waals surface area contributed by atoms with Gasteiger partial charge in [-0.2, -0.15) is 0 Å². The first kappa shape index (κ1) is 29.0. The number of ether oxygens (including phenoxy) is 3. The molecule has 0 unspecified atom stereocenters. The number of carbonyl (C=O) groups is 3. The normalized spacial score (nSPS) is 14.1. The lowest BCUT2D eigenvalue weighted by Gasteiger charge is -2.32. The van der Waals surface area contributed by atoms with Crippen LogP contribution in [0.2, 0.25) is 0 Å². The fourth-order valence-electron chi connectivity index (χ4n) is 4.27. The van der Waals surface area contributed by atoms with E-state index in [0.717, 1.165) is 18.6 Å². The van der Waals surface area contributed by atoms with Crippen LogP contribution in [0.1, 0.15) is 69.3 Å². The molecule has 206 valence electrons. The first-order chi connectivity index (χ1) is 18.2. The Labute approximate surface area is 225 Å². The molecular formula is C30H40N2O6. The Hall–Kier alpha value is -3.55. The van der Waals surface area contributed by atoms with Crippen LogP contribution in [0.15, 0.2) is 48.5 Å². The summed E-state index contributed by atoms with van der Waals surface area (Å²) in [6.07, 6.45) is 2.09. The predicted molar refractivity (Wildman–Crippen MR) is 146 cm³/mol. The predicted octanol–water partition coefficient (Wildman–Crippen LogP) is 5.35. The van der Waals surface area contributed by atoms with Crippen molar-refractivity contribution in [1.29, 1.82) is 0 Å². The zero-order chi connectivity index (χ0) is 27.5. The Kier molecular flexibility index (Phi) is 10.6. The highest BCUT2D eigenvalue weighted by atomic mass is 16.7. The number of nitrogens with zero attached hydrogens (tertiary/aromatic N) is 1. The van der Waals surface area contributed by atoms with Gasteiger partial charge in [0.15, 0.2) is 0 Å². The summed E-state index contributed by atoms with van der Waals surface area (Å²) < 4.78 is 15.6. The average molecular weight is 525 g/mol. The van der Waals surface area contributed by atoms with E-state index in [0.29, 0.717) is 56.3 Å². The molecule has 1 N–H and O–H groups in total. The number of nitrogens with one attached hydrogen (secondary N) is 1. The van der Waals surface area contributed by atoms with Gasteiger partial charge in [-0.1, -0.05) is 32.9 Å². The van der Waals surface area contributed by atoms with E-state index >= 15 is 0 Å². The highest BCUT2D eigenvalue weighted by Crippen LogP contribution is 2.24. The van der Waals surface area contributed by atoms with Gasteiger partial charge < -0.3 is 24.4 Å². The number of rotatable bonds is 10. The van der Waals surface area contributed by atoms with E-state index in [4.69, 9.17) is 14.2 Å². The largest absolute Gasteiger partial charge is 0.513 e. The summed E-state index contributed by atoms with van der Waals surface area (Å²) in [5.41, 5.74) is 1.86. The number of hydrogen-bond donors (Lipinski definition) is 1. The van der Waals surface area contributed by atoms with E-state index < -0.39 is 6.16 Å². The molecule has 38 heavy (non-hydrogen) atoms. The van der Waals surface area contributed by atoms with Crippen molar-refractivity contribution >= 4 is 18.0 Å². The van der Waals surface area contributed by atoms with Gasteiger partial charge in [-0.05, 0) is 79.5 Å². The van der Waals surface area contributed by atoms with Gasteiger partial charge in [-0.25, -0.2) is 4.79 Å². The van der Waals surface area contributed by atoms with Crippen molar-refractivity contribution in [2.45, 2.75) is 58.8 Å². The van der Waals surface area contributed by atoms with Crippen molar-refractivity contribution in [3.8, 4) is 11.5 Å². The van der Waals surface area contributed by atoms with Crippen LogP contribution in [0.5, 0.6) is 11.5 Å². The lowest BCUT2D eigenvalue weighted by atomic mass is 9.87. The topological polar surface area (TPSA) is 94.2 Å². The van der Waals surface area contributed by atoms with Crippen LogP contribution in [-0.2, 0) is 14.9 Å². The van der Waals surface area contributed by atoms with Crippen molar-refractivity contribution < 1.29 is 28.6 Å². The molecule has 8 nitrogen and oxygen atoms in total. The number of amides is 2. The maximum absolute atomic E-state index is 12.6. The molecule has 0 radical (unpaired) electrons. The highest BCUT2D eigenvalue weighted by Gasteiger charge is 2.23. The van der Waals surface area contributed by atoms with E-state index in [-0.39, 0.29) is 23.8 Å². The lowest BCUT2D eigenvalue weighted by molar-refractivity contribution is -0.132. The maximum atomic E-state index is 12.6. The van der Waals surface area contributed by atoms with Crippen molar-refractivity contribution in [1.82, 2.24) is 10.2 Å². The Morgan fingerprint density at radius 3 is 2.18 bits per heavy atom. The third-order valence-corrected chi connectivity index (χ3v) is 6.62. The molecule has 2 amide bonds. The van der Waals surface area contributed by atoms with E-state index in [9.17, 15) is 14.4 Å². The van der Waals surface area contributed by atoms with Crippen LogP contribution in [0, 0.1) is 5.92 Å². The van der Waals surface area contributed by atoms with E-state index in [1.54, 1.807) is 31.2 Å². The molecule has 1 aliphatic heterocycles. The summed E-state index contributed by atoms with van der Waals surface area (Å²) in [4.78, 5) is 38.4. The van der Waals surface area contributed by atoms with Gasteiger partial charge in [-0.15, -0.1) is 0 Å². The van der Waals surface area contributed by atoms with Crippen LogP contribution < -0.4 is 14.8 Å². The molecule has 1 fully saturated rings. The average Bonchev–Trinajstić information content (AvgIpc) is 2.90. The molecule has 8 heteroatoms. The molecule has 0 aromatic heterocycles. The van der Waals surface area contributed by atoms with Crippen LogP contribution >= 0.6 is 0 Å².